The van der Waals surface area contributed by atoms with Crippen LogP contribution in [-0.4, -0.2) is 19.6 Å². The highest BCUT2D eigenvalue weighted by Gasteiger charge is 2.12. The number of para-hydroxylation sites is 2. The number of rotatable bonds is 5. The summed E-state index contributed by atoms with van der Waals surface area (Å²) in [4.78, 5) is 12.1. The van der Waals surface area contributed by atoms with Gasteiger partial charge >= 0.3 is 0 Å². The molecule has 0 aliphatic heterocycles. The summed E-state index contributed by atoms with van der Waals surface area (Å²) in [5, 5.41) is 6.58. The van der Waals surface area contributed by atoms with Crippen molar-refractivity contribution in [3.05, 3.63) is 52.0 Å². The predicted octanol–water partition coefficient (Wildman–Crippen LogP) is 4.36. The van der Waals surface area contributed by atoms with Crippen LogP contribution in [0.25, 0.3) is 0 Å². The zero-order valence-electron chi connectivity index (χ0n) is 12.2. The molecule has 116 valence electrons. The minimum absolute atomic E-state index is 0.0704. The summed E-state index contributed by atoms with van der Waals surface area (Å²) in [6.45, 7) is 1.92. The molecule has 0 aliphatic carbocycles. The molecular weight excluding hydrogens is 323 g/mol. The first kappa shape index (κ1) is 16.5. The van der Waals surface area contributed by atoms with E-state index >= 15 is 0 Å². The molecule has 0 aliphatic rings. The lowest BCUT2D eigenvalue weighted by Crippen LogP contribution is -2.22. The molecular formula is C16H16Cl2N2O2. The van der Waals surface area contributed by atoms with Crippen LogP contribution in [0.3, 0.4) is 0 Å². The number of methoxy groups -OCH3 is 1. The maximum absolute atomic E-state index is 12.1. The Morgan fingerprint density at radius 2 is 1.91 bits per heavy atom. The average Bonchev–Trinajstić information content (AvgIpc) is 2.53. The Balaban J connectivity index is 2.04. The Morgan fingerprint density at radius 3 is 2.64 bits per heavy atom. The van der Waals surface area contributed by atoms with E-state index in [1.54, 1.807) is 19.2 Å². The second-order valence-electron chi connectivity index (χ2n) is 4.66. The van der Waals surface area contributed by atoms with E-state index in [4.69, 9.17) is 27.9 Å². The minimum atomic E-state index is -0.250. The fourth-order valence-corrected chi connectivity index (χ4v) is 2.39. The molecule has 1 amide bonds. The maximum atomic E-state index is 12.1. The van der Waals surface area contributed by atoms with E-state index < -0.39 is 0 Å². The van der Waals surface area contributed by atoms with Gasteiger partial charge in [0.2, 0.25) is 5.91 Å². The molecule has 0 saturated carbocycles. The van der Waals surface area contributed by atoms with Crippen molar-refractivity contribution in [3.8, 4) is 5.75 Å². The molecule has 6 heteroatoms. The van der Waals surface area contributed by atoms with Crippen LogP contribution in [0.4, 0.5) is 11.4 Å². The van der Waals surface area contributed by atoms with Gasteiger partial charge in [-0.2, -0.15) is 0 Å². The second-order valence-corrected chi connectivity index (χ2v) is 5.44. The third-order valence-corrected chi connectivity index (χ3v) is 3.90. The number of carbonyl (C=O) groups excluding carboxylic acids is 1. The number of ether oxygens (including phenoxy) is 1. The van der Waals surface area contributed by atoms with Crippen LogP contribution in [0, 0.1) is 6.92 Å². The van der Waals surface area contributed by atoms with E-state index in [2.05, 4.69) is 10.6 Å². The summed E-state index contributed by atoms with van der Waals surface area (Å²) in [7, 11) is 1.58. The van der Waals surface area contributed by atoms with Gasteiger partial charge in [0.15, 0.2) is 0 Å². The Labute approximate surface area is 139 Å². The Kier molecular flexibility index (Phi) is 5.52. The lowest BCUT2D eigenvalue weighted by Gasteiger charge is -2.13. The van der Waals surface area contributed by atoms with Gasteiger partial charge in [-0.1, -0.05) is 41.4 Å². The van der Waals surface area contributed by atoms with Gasteiger partial charge in [0.25, 0.3) is 0 Å². The molecule has 0 radical (unpaired) electrons. The topological polar surface area (TPSA) is 50.4 Å². The minimum Gasteiger partial charge on any atom is -0.495 e. The van der Waals surface area contributed by atoms with Crippen molar-refractivity contribution < 1.29 is 9.53 Å². The molecule has 0 heterocycles. The largest absolute Gasteiger partial charge is 0.495 e. The fourth-order valence-electron chi connectivity index (χ4n) is 1.92. The van der Waals surface area contributed by atoms with Crippen molar-refractivity contribution in [3.63, 3.8) is 0 Å². The van der Waals surface area contributed by atoms with E-state index in [1.165, 1.54) is 0 Å². The van der Waals surface area contributed by atoms with Crippen LogP contribution in [0.2, 0.25) is 10.0 Å². The first-order valence-corrected chi connectivity index (χ1v) is 7.40. The molecule has 0 spiro atoms. The molecule has 4 nitrogen and oxygen atoms in total. The molecule has 0 bridgehead atoms. The third kappa shape index (κ3) is 3.84. The van der Waals surface area contributed by atoms with E-state index in [9.17, 15) is 4.79 Å². The highest BCUT2D eigenvalue weighted by molar-refractivity contribution is 6.40. The van der Waals surface area contributed by atoms with Crippen molar-refractivity contribution in [1.29, 1.82) is 0 Å². The first-order valence-electron chi connectivity index (χ1n) is 6.64. The summed E-state index contributed by atoms with van der Waals surface area (Å²) in [5.41, 5.74) is 2.01. The SMILES string of the molecule is COc1ccccc1NCC(=O)Nc1c(Cl)ccc(C)c1Cl. The number of benzene rings is 2. The number of nitrogens with one attached hydrogen (secondary N) is 2. The van der Waals surface area contributed by atoms with Crippen LogP contribution in [0.1, 0.15) is 5.56 Å². The monoisotopic (exact) mass is 338 g/mol. The van der Waals surface area contributed by atoms with E-state index in [0.717, 1.165) is 11.3 Å². The number of halogens is 2. The molecule has 2 rings (SSSR count). The standard InChI is InChI=1S/C16H16Cl2N2O2/c1-10-7-8-11(17)16(15(10)18)20-14(21)9-19-12-5-3-4-6-13(12)22-2/h3-8,19H,9H2,1-2H3,(H,20,21). The molecule has 2 aromatic rings. The molecule has 0 atom stereocenters. The van der Waals surface area contributed by atoms with Gasteiger partial charge in [0.1, 0.15) is 5.75 Å². The van der Waals surface area contributed by atoms with E-state index in [0.29, 0.717) is 21.5 Å². The molecule has 2 aromatic carbocycles. The van der Waals surface area contributed by atoms with Crippen molar-refractivity contribution in [1.82, 2.24) is 0 Å². The van der Waals surface area contributed by atoms with Gasteiger partial charge in [-0.25, -0.2) is 0 Å². The smallest absolute Gasteiger partial charge is 0.243 e. The molecule has 22 heavy (non-hydrogen) atoms. The lowest BCUT2D eigenvalue weighted by molar-refractivity contribution is -0.114. The van der Waals surface area contributed by atoms with Gasteiger partial charge in [0.05, 0.1) is 35.1 Å². The van der Waals surface area contributed by atoms with E-state index in [-0.39, 0.29) is 12.5 Å². The number of hydrogen-bond acceptors (Lipinski definition) is 3. The number of amides is 1. The van der Waals surface area contributed by atoms with Crippen LogP contribution in [0.15, 0.2) is 36.4 Å². The van der Waals surface area contributed by atoms with Gasteiger partial charge in [-0.15, -0.1) is 0 Å². The maximum Gasteiger partial charge on any atom is 0.243 e. The molecule has 0 unspecified atom stereocenters. The van der Waals surface area contributed by atoms with Crippen molar-refractivity contribution in [2.45, 2.75) is 6.92 Å². The first-order chi connectivity index (χ1) is 10.5. The van der Waals surface area contributed by atoms with Gasteiger partial charge in [0, 0.05) is 0 Å². The zero-order valence-corrected chi connectivity index (χ0v) is 13.8. The van der Waals surface area contributed by atoms with Crippen LogP contribution in [-0.2, 0) is 4.79 Å². The Hall–Kier alpha value is -1.91. The Bertz CT molecular complexity index is 690. The number of aryl methyl sites for hydroxylation is 1. The normalized spacial score (nSPS) is 10.2. The van der Waals surface area contributed by atoms with Crippen LogP contribution >= 0.6 is 23.2 Å². The summed E-state index contributed by atoms with van der Waals surface area (Å²) in [5.74, 6) is 0.419. The molecule has 0 saturated heterocycles. The van der Waals surface area contributed by atoms with Crippen molar-refractivity contribution in [2.24, 2.45) is 0 Å². The number of carbonyl (C=O) groups is 1. The summed E-state index contributed by atoms with van der Waals surface area (Å²) in [6.07, 6.45) is 0. The number of hydrogen-bond donors (Lipinski definition) is 2. The highest BCUT2D eigenvalue weighted by atomic mass is 35.5. The van der Waals surface area contributed by atoms with Gasteiger partial charge < -0.3 is 15.4 Å². The molecule has 0 fully saturated rings. The quantitative estimate of drug-likeness (QED) is 0.851. The number of anilines is 2. The Morgan fingerprint density at radius 1 is 1.18 bits per heavy atom. The van der Waals surface area contributed by atoms with Gasteiger partial charge in [-0.3, -0.25) is 4.79 Å². The molecule has 2 N–H and O–H groups in total. The summed E-state index contributed by atoms with van der Waals surface area (Å²) >= 11 is 12.2. The fraction of sp³-hybridized carbons (Fsp3) is 0.188. The third-order valence-electron chi connectivity index (χ3n) is 3.09. The van der Waals surface area contributed by atoms with E-state index in [1.807, 2.05) is 31.2 Å². The predicted molar refractivity (Wildman–Crippen MR) is 91.3 cm³/mol. The lowest BCUT2D eigenvalue weighted by atomic mass is 10.2. The van der Waals surface area contributed by atoms with Crippen molar-refractivity contribution >= 4 is 40.5 Å². The highest BCUT2D eigenvalue weighted by Crippen LogP contribution is 2.32. The second kappa shape index (κ2) is 7.38. The average molecular weight is 339 g/mol. The summed E-state index contributed by atoms with van der Waals surface area (Å²) < 4.78 is 5.21. The summed E-state index contributed by atoms with van der Waals surface area (Å²) in [6, 6.07) is 10.9. The van der Waals surface area contributed by atoms with Crippen LogP contribution in [0.5, 0.6) is 5.75 Å². The zero-order chi connectivity index (χ0) is 16.1. The van der Waals surface area contributed by atoms with Gasteiger partial charge in [-0.05, 0) is 30.7 Å². The molecule has 0 aromatic heterocycles. The van der Waals surface area contributed by atoms with Crippen LogP contribution < -0.4 is 15.4 Å². The van der Waals surface area contributed by atoms with Crippen molar-refractivity contribution in [2.75, 3.05) is 24.3 Å².